The molecule has 1 aliphatic heterocycles. The Morgan fingerprint density at radius 3 is 2.75 bits per heavy atom. The fourth-order valence-corrected chi connectivity index (χ4v) is 1.65. The van der Waals surface area contributed by atoms with Crippen LogP contribution in [0.4, 0.5) is 0 Å². The molecule has 0 aromatic rings. The van der Waals surface area contributed by atoms with E-state index in [1.165, 1.54) is 11.8 Å². The second kappa shape index (κ2) is 2.21. The molecule has 1 aliphatic rings. The summed E-state index contributed by atoms with van der Waals surface area (Å²) in [5.74, 6) is 0.718. The Morgan fingerprint density at radius 1 is 2.00 bits per heavy atom. The molecule has 1 atom stereocenters. The van der Waals surface area contributed by atoms with Crippen LogP contribution in [0, 0.1) is 0 Å². The number of thiocarbonyl (C=S) groups is 1. The molecule has 0 amide bonds. The minimum atomic E-state index is -0.354. The predicted octanol–water partition coefficient (Wildman–Crippen LogP) is 0.268. The number of nitrogens with zero attached hydrogens (tertiary/aromatic N) is 1. The maximum Gasteiger partial charge on any atom is 0.138 e. The van der Waals surface area contributed by atoms with E-state index in [4.69, 9.17) is 17.3 Å². The molecule has 4 heteroatoms. The minimum absolute atomic E-state index is 0.354. The van der Waals surface area contributed by atoms with Gasteiger partial charge in [-0.3, -0.25) is 0 Å². The summed E-state index contributed by atoms with van der Waals surface area (Å²) < 4.78 is 0.789. The van der Waals surface area contributed by atoms with Crippen LogP contribution in [0.1, 0.15) is 0 Å². The van der Waals surface area contributed by atoms with Crippen LogP contribution in [0.25, 0.3) is 0 Å². The maximum absolute atomic E-state index is 8.99. The largest absolute Gasteiger partial charge is 0.373 e. The molecule has 0 saturated carbocycles. The molecule has 1 N–H and O–H groups in total. The second-order valence-corrected chi connectivity index (χ2v) is 3.32. The van der Waals surface area contributed by atoms with E-state index < -0.39 is 0 Å². The van der Waals surface area contributed by atoms with E-state index in [0.29, 0.717) is 0 Å². The highest BCUT2D eigenvalue weighted by Crippen LogP contribution is 2.19. The van der Waals surface area contributed by atoms with Gasteiger partial charge in [0, 0.05) is 12.8 Å². The fraction of sp³-hybridized carbons (Fsp3) is 0.750. The third-order valence-corrected chi connectivity index (χ3v) is 2.73. The van der Waals surface area contributed by atoms with Crippen molar-refractivity contribution in [2.24, 2.45) is 0 Å². The molecule has 1 unspecified atom stereocenters. The van der Waals surface area contributed by atoms with E-state index in [2.05, 4.69) is 0 Å². The molecule has 1 heterocycles. The van der Waals surface area contributed by atoms with Crippen molar-refractivity contribution in [2.45, 2.75) is 6.23 Å². The quantitative estimate of drug-likeness (QED) is 0.499. The molecule has 0 bridgehead atoms. The average molecular weight is 149 g/mol. The smallest absolute Gasteiger partial charge is 0.138 e. The lowest BCUT2D eigenvalue weighted by Gasteiger charge is -2.12. The molecular formula is C4H7NOS2. The zero-order valence-electron chi connectivity index (χ0n) is 4.50. The van der Waals surface area contributed by atoms with Crippen LogP contribution in [0.15, 0.2) is 0 Å². The van der Waals surface area contributed by atoms with Gasteiger partial charge in [0.15, 0.2) is 0 Å². The lowest BCUT2D eigenvalue weighted by Crippen LogP contribution is -2.28. The summed E-state index contributed by atoms with van der Waals surface area (Å²) in [5, 5.41) is 8.99. The van der Waals surface area contributed by atoms with Crippen molar-refractivity contribution >= 4 is 28.3 Å². The van der Waals surface area contributed by atoms with Gasteiger partial charge in [-0.1, -0.05) is 24.0 Å². The molecule has 46 valence electrons. The summed E-state index contributed by atoms with van der Waals surface area (Å²) in [5.41, 5.74) is 0. The summed E-state index contributed by atoms with van der Waals surface area (Å²) in [6.07, 6.45) is -0.354. The second-order valence-electron chi connectivity index (χ2n) is 1.67. The highest BCUT2D eigenvalue weighted by atomic mass is 32.2. The van der Waals surface area contributed by atoms with Gasteiger partial charge in [0.05, 0.1) is 0 Å². The Morgan fingerprint density at radius 2 is 2.62 bits per heavy atom. The van der Waals surface area contributed by atoms with Crippen LogP contribution in [-0.4, -0.2) is 33.4 Å². The average Bonchev–Trinajstić information content (AvgIpc) is 1.98. The van der Waals surface area contributed by atoms with Gasteiger partial charge >= 0.3 is 0 Å². The van der Waals surface area contributed by atoms with Crippen LogP contribution in [0.2, 0.25) is 0 Å². The number of thioether (sulfide) groups is 1. The van der Waals surface area contributed by atoms with E-state index in [1.807, 2.05) is 0 Å². The third-order valence-electron chi connectivity index (χ3n) is 1.09. The number of aliphatic hydroxyl groups is 1. The van der Waals surface area contributed by atoms with E-state index in [0.717, 1.165) is 10.1 Å². The standard InChI is InChI=1S/C4H7NOS2/c1-5-3(6)2-8-4(5)7/h3,6H,2H2,1H3. The fourth-order valence-electron chi connectivity index (χ4n) is 0.481. The predicted molar refractivity (Wildman–Crippen MR) is 38.8 cm³/mol. The van der Waals surface area contributed by atoms with Crippen LogP contribution in [0.5, 0.6) is 0 Å². The van der Waals surface area contributed by atoms with Gasteiger partial charge < -0.3 is 10.0 Å². The summed E-state index contributed by atoms with van der Waals surface area (Å²) >= 11 is 6.37. The first-order valence-electron chi connectivity index (χ1n) is 2.29. The molecule has 1 rings (SSSR count). The van der Waals surface area contributed by atoms with E-state index in [-0.39, 0.29) is 6.23 Å². The van der Waals surface area contributed by atoms with Crippen molar-refractivity contribution in [3.8, 4) is 0 Å². The van der Waals surface area contributed by atoms with Gasteiger partial charge in [0.2, 0.25) is 0 Å². The number of hydrogen-bond acceptors (Lipinski definition) is 3. The molecule has 2 nitrogen and oxygen atoms in total. The van der Waals surface area contributed by atoms with Crippen LogP contribution in [0.3, 0.4) is 0 Å². The van der Waals surface area contributed by atoms with Gasteiger partial charge in [0.1, 0.15) is 10.5 Å². The molecule has 0 spiro atoms. The first kappa shape index (κ1) is 6.32. The first-order chi connectivity index (χ1) is 3.72. The zero-order chi connectivity index (χ0) is 6.15. The van der Waals surface area contributed by atoms with Crippen molar-refractivity contribution in [1.82, 2.24) is 4.90 Å². The van der Waals surface area contributed by atoms with Crippen LogP contribution < -0.4 is 0 Å². The first-order valence-corrected chi connectivity index (χ1v) is 3.69. The highest BCUT2D eigenvalue weighted by Gasteiger charge is 2.22. The van der Waals surface area contributed by atoms with E-state index in [1.54, 1.807) is 11.9 Å². The van der Waals surface area contributed by atoms with E-state index in [9.17, 15) is 0 Å². The normalized spacial score (nSPS) is 29.5. The monoisotopic (exact) mass is 149 g/mol. The maximum atomic E-state index is 8.99. The molecule has 0 aliphatic carbocycles. The molecule has 0 radical (unpaired) electrons. The van der Waals surface area contributed by atoms with Gasteiger partial charge in [0.25, 0.3) is 0 Å². The van der Waals surface area contributed by atoms with Crippen LogP contribution >= 0.6 is 24.0 Å². The Kier molecular flexibility index (Phi) is 1.74. The van der Waals surface area contributed by atoms with Gasteiger partial charge in [-0.25, -0.2) is 0 Å². The van der Waals surface area contributed by atoms with Gasteiger partial charge in [-0.05, 0) is 0 Å². The molecule has 0 aromatic carbocycles. The number of aliphatic hydroxyl groups excluding tert-OH is 1. The number of rotatable bonds is 0. The van der Waals surface area contributed by atoms with Crippen molar-refractivity contribution in [3.05, 3.63) is 0 Å². The van der Waals surface area contributed by atoms with Crippen molar-refractivity contribution in [1.29, 1.82) is 0 Å². The Hall–Kier alpha value is 0.200. The Labute approximate surface area is 57.9 Å². The molecular weight excluding hydrogens is 142 g/mol. The molecule has 0 aromatic heterocycles. The van der Waals surface area contributed by atoms with Crippen LogP contribution in [-0.2, 0) is 0 Å². The van der Waals surface area contributed by atoms with Crippen molar-refractivity contribution < 1.29 is 5.11 Å². The molecule has 1 saturated heterocycles. The highest BCUT2D eigenvalue weighted by molar-refractivity contribution is 8.23. The summed E-state index contributed by atoms with van der Waals surface area (Å²) in [4.78, 5) is 1.69. The lowest BCUT2D eigenvalue weighted by atomic mass is 10.6. The SMILES string of the molecule is CN1C(=S)SCC1O. The Bertz CT molecular complexity index is 117. The van der Waals surface area contributed by atoms with E-state index >= 15 is 0 Å². The van der Waals surface area contributed by atoms with Crippen molar-refractivity contribution in [2.75, 3.05) is 12.8 Å². The lowest BCUT2D eigenvalue weighted by molar-refractivity contribution is 0.101. The minimum Gasteiger partial charge on any atom is -0.373 e. The summed E-state index contributed by atoms with van der Waals surface area (Å²) in [6, 6.07) is 0. The van der Waals surface area contributed by atoms with Gasteiger partial charge in [-0.2, -0.15) is 0 Å². The summed E-state index contributed by atoms with van der Waals surface area (Å²) in [6.45, 7) is 0. The topological polar surface area (TPSA) is 23.5 Å². The van der Waals surface area contributed by atoms with Gasteiger partial charge in [-0.15, -0.1) is 0 Å². The molecule has 8 heavy (non-hydrogen) atoms. The molecule has 1 fully saturated rings. The number of hydrogen-bond donors (Lipinski definition) is 1. The van der Waals surface area contributed by atoms with Crippen molar-refractivity contribution in [3.63, 3.8) is 0 Å². The summed E-state index contributed by atoms with van der Waals surface area (Å²) in [7, 11) is 1.80. The third kappa shape index (κ3) is 0.962. The zero-order valence-corrected chi connectivity index (χ0v) is 6.13. The Balaban J connectivity index is 2.56.